The van der Waals surface area contributed by atoms with Gasteiger partial charge in [-0.1, -0.05) is 13.3 Å². The van der Waals surface area contributed by atoms with Crippen LogP contribution < -0.4 is 5.73 Å². The van der Waals surface area contributed by atoms with Crippen molar-refractivity contribution in [2.75, 3.05) is 7.11 Å². The highest BCUT2D eigenvalue weighted by atomic mass is 16.5. The van der Waals surface area contributed by atoms with Crippen molar-refractivity contribution in [1.82, 2.24) is 0 Å². The van der Waals surface area contributed by atoms with Crippen LogP contribution in [0, 0.1) is 0 Å². The molecule has 0 aliphatic rings. The molecule has 0 heterocycles. The van der Waals surface area contributed by atoms with E-state index in [2.05, 4.69) is 13.8 Å². The molecule has 0 aliphatic carbocycles. The van der Waals surface area contributed by atoms with E-state index >= 15 is 0 Å². The summed E-state index contributed by atoms with van der Waals surface area (Å²) in [4.78, 5) is 0. The average Bonchev–Trinajstić information content (AvgIpc) is 1.88. The second-order valence-corrected chi connectivity index (χ2v) is 2.83. The van der Waals surface area contributed by atoms with Gasteiger partial charge < -0.3 is 10.5 Å². The lowest BCUT2D eigenvalue weighted by Crippen LogP contribution is -2.25. The minimum Gasteiger partial charge on any atom is -0.382 e. The van der Waals surface area contributed by atoms with E-state index < -0.39 is 0 Å². The topological polar surface area (TPSA) is 35.2 Å². The van der Waals surface area contributed by atoms with Crippen LogP contribution in [0.2, 0.25) is 0 Å². The first-order valence-corrected chi connectivity index (χ1v) is 3.99. The van der Waals surface area contributed by atoms with Crippen molar-refractivity contribution in [2.45, 2.75) is 45.3 Å². The number of ether oxygens (including phenoxy) is 1. The Balaban J connectivity index is 3.27. The molecule has 0 aliphatic heterocycles. The smallest absolute Gasteiger partial charge is 0.0558 e. The highest BCUT2D eigenvalue weighted by Crippen LogP contribution is 2.03. The quantitative estimate of drug-likeness (QED) is 0.637. The van der Waals surface area contributed by atoms with Crippen molar-refractivity contribution in [3.8, 4) is 0 Å². The first-order valence-electron chi connectivity index (χ1n) is 3.99. The van der Waals surface area contributed by atoms with Gasteiger partial charge in [-0.15, -0.1) is 0 Å². The summed E-state index contributed by atoms with van der Waals surface area (Å²) >= 11 is 0. The van der Waals surface area contributed by atoms with E-state index in [1.165, 1.54) is 0 Å². The predicted octanol–water partition coefficient (Wildman–Crippen LogP) is 1.54. The van der Waals surface area contributed by atoms with Crippen molar-refractivity contribution in [3.63, 3.8) is 0 Å². The monoisotopic (exact) mass is 145 g/mol. The van der Waals surface area contributed by atoms with Crippen LogP contribution >= 0.6 is 0 Å². The van der Waals surface area contributed by atoms with Crippen LogP contribution in [-0.2, 0) is 4.74 Å². The second-order valence-electron chi connectivity index (χ2n) is 2.83. The van der Waals surface area contributed by atoms with Crippen molar-refractivity contribution < 1.29 is 4.74 Å². The van der Waals surface area contributed by atoms with Gasteiger partial charge in [-0.05, 0) is 19.8 Å². The summed E-state index contributed by atoms with van der Waals surface area (Å²) in [6.07, 6.45) is 3.55. The zero-order valence-electron chi connectivity index (χ0n) is 7.26. The van der Waals surface area contributed by atoms with Crippen molar-refractivity contribution >= 4 is 0 Å². The zero-order chi connectivity index (χ0) is 7.98. The van der Waals surface area contributed by atoms with E-state index in [1.54, 1.807) is 7.11 Å². The van der Waals surface area contributed by atoms with Gasteiger partial charge in [0.25, 0.3) is 0 Å². The van der Waals surface area contributed by atoms with Crippen LogP contribution in [-0.4, -0.2) is 19.3 Å². The van der Waals surface area contributed by atoms with Crippen molar-refractivity contribution in [2.24, 2.45) is 5.73 Å². The lowest BCUT2D eigenvalue weighted by molar-refractivity contribution is 0.104. The Morgan fingerprint density at radius 1 is 1.50 bits per heavy atom. The summed E-state index contributed by atoms with van der Waals surface area (Å²) in [6.45, 7) is 4.20. The molecule has 0 bridgehead atoms. The number of hydrogen-bond acceptors (Lipinski definition) is 2. The third-order valence-corrected chi connectivity index (χ3v) is 1.70. The normalized spacial score (nSPS) is 16.8. The predicted molar refractivity (Wildman–Crippen MR) is 44.0 cm³/mol. The van der Waals surface area contributed by atoms with E-state index in [4.69, 9.17) is 10.5 Å². The molecule has 0 radical (unpaired) electrons. The molecule has 2 heteroatoms. The molecule has 2 unspecified atom stereocenters. The zero-order valence-corrected chi connectivity index (χ0v) is 7.26. The molecule has 0 rings (SSSR count). The summed E-state index contributed by atoms with van der Waals surface area (Å²) in [5, 5.41) is 0. The van der Waals surface area contributed by atoms with E-state index in [0.29, 0.717) is 12.1 Å². The molecular formula is C8H19NO. The Morgan fingerprint density at radius 2 is 2.10 bits per heavy atom. The first kappa shape index (κ1) is 9.92. The Hall–Kier alpha value is -0.0800. The highest BCUT2D eigenvalue weighted by molar-refractivity contribution is 4.64. The van der Waals surface area contributed by atoms with Crippen LogP contribution in [0.1, 0.15) is 33.1 Å². The maximum absolute atomic E-state index is 5.78. The maximum atomic E-state index is 5.78. The van der Waals surface area contributed by atoms with Crippen LogP contribution in [0.3, 0.4) is 0 Å². The molecular weight excluding hydrogens is 126 g/mol. The van der Waals surface area contributed by atoms with Gasteiger partial charge in [0, 0.05) is 13.2 Å². The second kappa shape index (κ2) is 5.69. The minimum absolute atomic E-state index is 0.307. The SMILES string of the molecule is CCCC(N)CC(C)OC. The van der Waals surface area contributed by atoms with Gasteiger partial charge in [-0.2, -0.15) is 0 Å². The van der Waals surface area contributed by atoms with Gasteiger partial charge in [0.1, 0.15) is 0 Å². The van der Waals surface area contributed by atoms with Gasteiger partial charge >= 0.3 is 0 Å². The number of hydrogen-bond donors (Lipinski definition) is 1. The first-order chi connectivity index (χ1) is 4.70. The Bertz CT molecular complexity index is 75.7. The number of nitrogens with two attached hydrogens (primary N) is 1. The summed E-state index contributed by atoms with van der Waals surface area (Å²) in [7, 11) is 1.73. The van der Waals surface area contributed by atoms with Gasteiger partial charge in [-0.25, -0.2) is 0 Å². The molecule has 0 aromatic rings. The Labute approximate surface area is 63.7 Å². The van der Waals surface area contributed by atoms with Crippen LogP contribution in [0.5, 0.6) is 0 Å². The molecule has 0 saturated carbocycles. The van der Waals surface area contributed by atoms with E-state index in [1.807, 2.05) is 0 Å². The van der Waals surface area contributed by atoms with E-state index in [-0.39, 0.29) is 0 Å². The fourth-order valence-corrected chi connectivity index (χ4v) is 1.01. The fourth-order valence-electron chi connectivity index (χ4n) is 1.01. The molecule has 62 valence electrons. The summed E-state index contributed by atoms with van der Waals surface area (Å²) in [6, 6.07) is 0.319. The molecule has 2 N–H and O–H groups in total. The molecule has 0 aromatic heterocycles. The standard InChI is InChI=1S/C8H19NO/c1-4-5-8(9)6-7(2)10-3/h7-8H,4-6,9H2,1-3H3. The fraction of sp³-hybridized carbons (Fsp3) is 1.00. The molecule has 0 saturated heterocycles. The average molecular weight is 145 g/mol. The lowest BCUT2D eigenvalue weighted by atomic mass is 10.1. The van der Waals surface area contributed by atoms with Crippen LogP contribution in [0.15, 0.2) is 0 Å². The van der Waals surface area contributed by atoms with E-state index in [9.17, 15) is 0 Å². The third kappa shape index (κ3) is 4.77. The number of rotatable bonds is 5. The molecule has 2 atom stereocenters. The van der Waals surface area contributed by atoms with Crippen LogP contribution in [0.4, 0.5) is 0 Å². The maximum Gasteiger partial charge on any atom is 0.0558 e. The van der Waals surface area contributed by atoms with Crippen LogP contribution in [0.25, 0.3) is 0 Å². The summed E-state index contributed by atoms with van der Waals surface area (Å²) in [5.41, 5.74) is 5.78. The largest absolute Gasteiger partial charge is 0.382 e. The molecule has 0 spiro atoms. The summed E-state index contributed by atoms with van der Waals surface area (Å²) in [5.74, 6) is 0. The van der Waals surface area contributed by atoms with Gasteiger partial charge in [0.15, 0.2) is 0 Å². The van der Waals surface area contributed by atoms with Gasteiger partial charge in [0.2, 0.25) is 0 Å². The molecule has 0 aromatic carbocycles. The Kier molecular flexibility index (Phi) is 5.64. The lowest BCUT2D eigenvalue weighted by Gasteiger charge is -2.14. The molecule has 0 amide bonds. The highest BCUT2D eigenvalue weighted by Gasteiger charge is 2.05. The summed E-state index contributed by atoms with van der Waals surface area (Å²) < 4.78 is 5.09. The number of methoxy groups -OCH3 is 1. The molecule has 0 fully saturated rings. The Morgan fingerprint density at radius 3 is 2.50 bits per heavy atom. The van der Waals surface area contributed by atoms with E-state index in [0.717, 1.165) is 19.3 Å². The minimum atomic E-state index is 0.307. The third-order valence-electron chi connectivity index (χ3n) is 1.70. The van der Waals surface area contributed by atoms with Gasteiger partial charge in [0.05, 0.1) is 6.10 Å². The van der Waals surface area contributed by atoms with Gasteiger partial charge in [-0.3, -0.25) is 0 Å². The van der Waals surface area contributed by atoms with Crippen molar-refractivity contribution in [3.05, 3.63) is 0 Å². The molecule has 10 heavy (non-hydrogen) atoms. The van der Waals surface area contributed by atoms with Crippen molar-refractivity contribution in [1.29, 1.82) is 0 Å². The molecule has 2 nitrogen and oxygen atoms in total.